The Bertz CT molecular complexity index is 1060. The van der Waals surface area contributed by atoms with E-state index in [0.717, 1.165) is 54.1 Å². The molecule has 2 N–H and O–H groups in total. The van der Waals surface area contributed by atoms with Crippen LogP contribution in [-0.4, -0.2) is 24.0 Å². The molecule has 0 bridgehead atoms. The number of aromatic nitrogens is 1. The number of nitrogens with zero attached hydrogens (tertiary/aromatic N) is 2. The second-order valence-electron chi connectivity index (χ2n) is 7.23. The van der Waals surface area contributed by atoms with E-state index in [4.69, 9.17) is 9.88 Å². The van der Waals surface area contributed by atoms with Gasteiger partial charge in [-0.3, -0.25) is 14.9 Å². The third-order valence-corrected chi connectivity index (χ3v) is 5.86. The van der Waals surface area contributed by atoms with E-state index >= 15 is 0 Å². The Balaban J connectivity index is 0.000000145. The van der Waals surface area contributed by atoms with Crippen LogP contribution in [0.5, 0.6) is 5.75 Å². The molecule has 1 aromatic heterocycles. The van der Waals surface area contributed by atoms with Crippen molar-refractivity contribution < 1.29 is 13.9 Å². The first kappa shape index (κ1) is 20.4. The van der Waals surface area contributed by atoms with Crippen LogP contribution in [0.3, 0.4) is 0 Å². The minimum absolute atomic E-state index is 0.0925. The lowest BCUT2D eigenvalue weighted by Crippen LogP contribution is -2.27. The normalized spacial score (nSPS) is 16.2. The van der Waals surface area contributed by atoms with Crippen molar-refractivity contribution >= 4 is 24.0 Å². The molecular formula is C23H22FN3O2S. The summed E-state index contributed by atoms with van der Waals surface area (Å²) in [5.41, 5.74) is 5.11. The molecule has 0 saturated heterocycles. The average molecular weight is 424 g/mol. The van der Waals surface area contributed by atoms with E-state index in [1.54, 1.807) is 11.0 Å². The van der Waals surface area contributed by atoms with Gasteiger partial charge in [0.2, 0.25) is 6.41 Å². The topological polar surface area (TPSA) is 68.5 Å². The highest BCUT2D eigenvalue weighted by Gasteiger charge is 2.27. The molecule has 1 unspecified atom stereocenters. The Morgan fingerprint density at radius 3 is 2.83 bits per heavy atom. The summed E-state index contributed by atoms with van der Waals surface area (Å²) < 4.78 is 18.9. The number of amides is 1. The summed E-state index contributed by atoms with van der Waals surface area (Å²) in [6.07, 6.45) is 4.30. The van der Waals surface area contributed by atoms with E-state index in [2.05, 4.69) is 17.1 Å². The monoisotopic (exact) mass is 423 g/mol. The molecule has 5 rings (SSSR count). The largest absolute Gasteiger partial charge is 0.493 e. The number of anilines is 1. The molecule has 154 valence electrons. The van der Waals surface area contributed by atoms with Gasteiger partial charge in [-0.05, 0) is 78.9 Å². The SMILES string of the molecule is CC1Cc2cc(F)c(SN)cc2N1C=O.c1ccc(-c2ccc3c(c2)CCO3)nc1. The predicted octanol–water partition coefficient (Wildman–Crippen LogP) is 4.38. The fourth-order valence-electron chi connectivity index (χ4n) is 3.77. The number of nitrogens with two attached hydrogens (primary N) is 1. The van der Waals surface area contributed by atoms with Crippen LogP contribution in [0.15, 0.2) is 59.6 Å². The Morgan fingerprint density at radius 2 is 2.10 bits per heavy atom. The zero-order chi connectivity index (χ0) is 21.1. The number of hydrogen-bond donors (Lipinski definition) is 1. The number of benzene rings is 2. The third kappa shape index (κ3) is 4.04. The molecule has 5 nitrogen and oxygen atoms in total. The van der Waals surface area contributed by atoms with Crippen molar-refractivity contribution in [3.63, 3.8) is 0 Å². The van der Waals surface area contributed by atoms with Crippen molar-refractivity contribution in [3.05, 3.63) is 71.7 Å². The smallest absolute Gasteiger partial charge is 0.214 e. The number of rotatable bonds is 3. The van der Waals surface area contributed by atoms with Crippen molar-refractivity contribution in [3.8, 4) is 17.0 Å². The van der Waals surface area contributed by atoms with Gasteiger partial charge in [0.25, 0.3) is 0 Å². The van der Waals surface area contributed by atoms with Gasteiger partial charge >= 0.3 is 0 Å². The fourth-order valence-corrected chi connectivity index (χ4v) is 4.12. The minimum atomic E-state index is -0.318. The summed E-state index contributed by atoms with van der Waals surface area (Å²) in [5, 5.41) is 5.34. The zero-order valence-corrected chi connectivity index (χ0v) is 17.4. The lowest BCUT2D eigenvalue weighted by molar-refractivity contribution is -0.107. The van der Waals surface area contributed by atoms with Crippen molar-refractivity contribution in [1.82, 2.24) is 4.98 Å². The van der Waals surface area contributed by atoms with Crippen molar-refractivity contribution in [2.75, 3.05) is 11.5 Å². The van der Waals surface area contributed by atoms with Gasteiger partial charge in [-0.15, -0.1) is 0 Å². The first-order valence-electron chi connectivity index (χ1n) is 9.70. The van der Waals surface area contributed by atoms with E-state index in [-0.39, 0.29) is 11.9 Å². The van der Waals surface area contributed by atoms with Crippen LogP contribution in [0.2, 0.25) is 0 Å². The van der Waals surface area contributed by atoms with Crippen molar-refractivity contribution in [2.24, 2.45) is 5.14 Å². The maximum atomic E-state index is 13.4. The predicted molar refractivity (Wildman–Crippen MR) is 117 cm³/mol. The second kappa shape index (κ2) is 8.85. The van der Waals surface area contributed by atoms with E-state index in [0.29, 0.717) is 11.3 Å². The average Bonchev–Trinajstić information content (AvgIpc) is 3.36. The Morgan fingerprint density at radius 1 is 1.23 bits per heavy atom. The molecule has 3 heterocycles. The highest BCUT2D eigenvalue weighted by molar-refractivity contribution is 7.97. The van der Waals surface area contributed by atoms with Crippen LogP contribution in [-0.2, 0) is 17.6 Å². The van der Waals surface area contributed by atoms with E-state index in [1.165, 1.54) is 17.2 Å². The van der Waals surface area contributed by atoms with E-state index in [1.807, 2.05) is 37.4 Å². The molecule has 3 aromatic rings. The quantitative estimate of drug-likeness (QED) is 0.500. The van der Waals surface area contributed by atoms with Gasteiger partial charge in [0.05, 0.1) is 17.2 Å². The Hall–Kier alpha value is -2.90. The zero-order valence-electron chi connectivity index (χ0n) is 16.5. The van der Waals surface area contributed by atoms with Gasteiger partial charge in [-0.25, -0.2) is 4.39 Å². The van der Waals surface area contributed by atoms with Gasteiger partial charge in [-0.2, -0.15) is 0 Å². The maximum Gasteiger partial charge on any atom is 0.214 e. The second-order valence-corrected chi connectivity index (χ2v) is 7.91. The molecule has 2 aliphatic rings. The van der Waals surface area contributed by atoms with Gasteiger partial charge < -0.3 is 9.64 Å². The number of hydrogen-bond acceptors (Lipinski definition) is 5. The highest BCUT2D eigenvalue weighted by atomic mass is 32.2. The van der Waals surface area contributed by atoms with Crippen molar-refractivity contribution in [1.29, 1.82) is 0 Å². The summed E-state index contributed by atoms with van der Waals surface area (Å²) in [7, 11) is 0. The number of carbonyl (C=O) groups is 1. The lowest BCUT2D eigenvalue weighted by atomic mass is 10.1. The molecule has 0 aliphatic carbocycles. The molecule has 0 saturated carbocycles. The van der Waals surface area contributed by atoms with E-state index < -0.39 is 0 Å². The van der Waals surface area contributed by atoms with Crippen molar-refractivity contribution in [2.45, 2.75) is 30.7 Å². The Labute approximate surface area is 179 Å². The fraction of sp³-hybridized carbons (Fsp3) is 0.217. The van der Waals surface area contributed by atoms with E-state index in [9.17, 15) is 9.18 Å². The molecule has 2 aromatic carbocycles. The summed E-state index contributed by atoms with van der Waals surface area (Å²) in [6, 6.07) is 15.4. The molecule has 1 amide bonds. The van der Waals surface area contributed by atoms with Gasteiger partial charge in [0.1, 0.15) is 11.6 Å². The van der Waals surface area contributed by atoms with Crippen LogP contribution >= 0.6 is 11.9 Å². The maximum absolute atomic E-state index is 13.4. The third-order valence-electron chi connectivity index (χ3n) is 5.29. The van der Waals surface area contributed by atoms with Gasteiger partial charge in [0, 0.05) is 29.9 Å². The van der Waals surface area contributed by atoms with Gasteiger partial charge in [0.15, 0.2) is 0 Å². The molecule has 0 radical (unpaired) electrons. The first-order chi connectivity index (χ1) is 14.6. The van der Waals surface area contributed by atoms with Crippen LogP contribution < -0.4 is 14.8 Å². The van der Waals surface area contributed by atoms with Crippen LogP contribution in [0.25, 0.3) is 11.3 Å². The summed E-state index contributed by atoms with van der Waals surface area (Å²) in [4.78, 5) is 17.2. The lowest BCUT2D eigenvalue weighted by Gasteiger charge is -2.16. The summed E-state index contributed by atoms with van der Waals surface area (Å²) in [6.45, 7) is 2.74. The molecule has 0 spiro atoms. The Kier molecular flexibility index (Phi) is 6.01. The minimum Gasteiger partial charge on any atom is -0.493 e. The number of carbonyl (C=O) groups excluding carboxylic acids is 1. The number of halogens is 1. The summed E-state index contributed by atoms with van der Waals surface area (Å²) >= 11 is 0.858. The molecular weight excluding hydrogens is 401 g/mol. The van der Waals surface area contributed by atoms with Crippen LogP contribution in [0.4, 0.5) is 10.1 Å². The standard InChI is InChI=1S/C13H11NO.C10H11FN2OS/c1-2-7-14-12(3-1)10-4-5-13-11(9-10)6-8-15-13;1-6-2-7-3-8(11)10(15-12)4-9(7)13(6)5-14/h1-5,7,9H,6,8H2;3-6H,2,12H2,1H3. The first-order valence-corrected chi connectivity index (χ1v) is 10.6. The molecule has 30 heavy (non-hydrogen) atoms. The van der Waals surface area contributed by atoms with Crippen LogP contribution in [0, 0.1) is 5.82 Å². The molecule has 1 atom stereocenters. The van der Waals surface area contributed by atoms with Gasteiger partial charge in [-0.1, -0.05) is 6.07 Å². The number of pyridine rings is 1. The number of fused-ring (bicyclic) bond motifs is 2. The summed E-state index contributed by atoms with van der Waals surface area (Å²) in [5.74, 6) is 0.705. The molecule has 0 fully saturated rings. The molecule has 7 heteroatoms. The highest BCUT2D eigenvalue weighted by Crippen LogP contribution is 2.35. The van der Waals surface area contributed by atoms with Crippen LogP contribution in [0.1, 0.15) is 18.1 Å². The number of ether oxygens (including phenoxy) is 1. The molecule has 2 aliphatic heterocycles.